The molecule has 0 unspecified atom stereocenters. The van der Waals surface area contributed by atoms with Crippen LogP contribution in [-0.4, -0.2) is 70.9 Å². The molecule has 4 amide bonds. The summed E-state index contributed by atoms with van der Waals surface area (Å²) in [6, 6.07) is 4.52. The minimum atomic E-state index is -1.10. The normalized spacial score (nSPS) is 22.9. The molecular formula is C18H22FN3O4. The van der Waals surface area contributed by atoms with E-state index in [2.05, 4.69) is 0 Å². The smallest absolute Gasteiger partial charge is 0.326 e. The van der Waals surface area contributed by atoms with Crippen molar-refractivity contribution in [1.82, 2.24) is 14.7 Å². The second-order valence-electron chi connectivity index (χ2n) is 6.93. The molecule has 0 saturated carbocycles. The lowest BCUT2D eigenvalue weighted by Crippen LogP contribution is -2.47. The lowest BCUT2D eigenvalue weighted by molar-refractivity contribution is -0.139. The third-order valence-corrected chi connectivity index (χ3v) is 5.36. The highest BCUT2D eigenvalue weighted by molar-refractivity contribution is 6.05. The molecule has 26 heavy (non-hydrogen) atoms. The number of halogens is 1. The van der Waals surface area contributed by atoms with Gasteiger partial charge in [0.25, 0.3) is 5.91 Å². The molecule has 0 aliphatic carbocycles. The maximum absolute atomic E-state index is 13.1. The molecule has 0 spiro atoms. The first-order valence-electron chi connectivity index (χ1n) is 8.53. The Morgan fingerprint density at radius 2 is 1.77 bits per heavy atom. The van der Waals surface area contributed by atoms with E-state index in [-0.39, 0.29) is 24.1 Å². The zero-order valence-corrected chi connectivity index (χ0v) is 14.8. The van der Waals surface area contributed by atoms with Crippen molar-refractivity contribution < 1.29 is 23.9 Å². The van der Waals surface area contributed by atoms with Crippen molar-refractivity contribution in [3.05, 3.63) is 35.6 Å². The highest BCUT2D eigenvalue weighted by atomic mass is 19.1. The van der Waals surface area contributed by atoms with Crippen molar-refractivity contribution in [1.29, 1.82) is 0 Å². The van der Waals surface area contributed by atoms with Crippen LogP contribution in [-0.2, 0) is 15.2 Å². The molecule has 1 atom stereocenters. The molecule has 1 N–H and O–H groups in total. The minimum Gasteiger partial charge on any atom is -0.385 e. The van der Waals surface area contributed by atoms with E-state index in [1.54, 1.807) is 17.0 Å². The van der Waals surface area contributed by atoms with Gasteiger partial charge >= 0.3 is 6.03 Å². The van der Waals surface area contributed by atoms with Crippen LogP contribution in [0, 0.1) is 5.82 Å². The monoisotopic (exact) mass is 363 g/mol. The summed E-state index contributed by atoms with van der Waals surface area (Å²) in [4.78, 5) is 40.3. The van der Waals surface area contributed by atoms with E-state index in [1.807, 2.05) is 0 Å². The lowest BCUT2D eigenvalue weighted by Gasteiger charge is -2.39. The third kappa shape index (κ3) is 3.16. The van der Waals surface area contributed by atoms with Gasteiger partial charge in [-0.05, 0) is 30.5 Å². The first-order chi connectivity index (χ1) is 12.2. The molecule has 2 heterocycles. The van der Waals surface area contributed by atoms with E-state index >= 15 is 0 Å². The highest BCUT2D eigenvalue weighted by Crippen LogP contribution is 2.33. The molecule has 2 aliphatic rings. The Balaban J connectivity index is 1.61. The number of likely N-dealkylation sites (N-methyl/N-ethyl adjacent to an activating group) is 2. The number of nitrogens with zero attached hydrogens (tertiary/aromatic N) is 3. The van der Waals surface area contributed by atoms with Gasteiger partial charge in [-0.15, -0.1) is 0 Å². The summed E-state index contributed by atoms with van der Waals surface area (Å²) >= 11 is 0. The number of hydrogen-bond donors (Lipinski definition) is 1. The van der Waals surface area contributed by atoms with E-state index < -0.39 is 17.7 Å². The zero-order chi connectivity index (χ0) is 19.1. The molecule has 0 radical (unpaired) electrons. The van der Waals surface area contributed by atoms with Gasteiger partial charge in [-0.2, -0.15) is 0 Å². The van der Waals surface area contributed by atoms with Gasteiger partial charge in [0.1, 0.15) is 11.9 Å². The number of likely N-dealkylation sites (tertiary alicyclic amines) is 1. The van der Waals surface area contributed by atoms with Crippen LogP contribution in [0.15, 0.2) is 24.3 Å². The number of carbonyl (C=O) groups is 3. The van der Waals surface area contributed by atoms with Gasteiger partial charge in [-0.1, -0.05) is 12.1 Å². The summed E-state index contributed by atoms with van der Waals surface area (Å²) < 4.78 is 13.1. The van der Waals surface area contributed by atoms with E-state index in [9.17, 15) is 23.9 Å². The number of rotatable bonds is 3. The molecule has 7 nitrogen and oxygen atoms in total. The summed E-state index contributed by atoms with van der Waals surface area (Å²) in [6.07, 6.45) is 0.593. The van der Waals surface area contributed by atoms with Crippen LogP contribution in [0.2, 0.25) is 0 Å². The number of carbonyl (C=O) groups excluding carboxylic acids is 3. The molecule has 140 valence electrons. The number of aliphatic hydroxyl groups is 1. The molecule has 3 rings (SSSR count). The van der Waals surface area contributed by atoms with E-state index in [1.165, 1.54) is 31.1 Å². The maximum Gasteiger partial charge on any atom is 0.326 e. The predicted molar refractivity (Wildman–Crippen MR) is 90.4 cm³/mol. The SMILES string of the molecule is CN1C(=O)[C@H](CC(=O)N2CCC(O)(c3ccc(F)cc3)CC2)N(C)C1=O. The third-order valence-electron chi connectivity index (χ3n) is 5.36. The fourth-order valence-corrected chi connectivity index (χ4v) is 3.55. The predicted octanol–water partition coefficient (Wildman–Crippen LogP) is 0.918. The average Bonchev–Trinajstić information content (AvgIpc) is 2.80. The fraction of sp³-hybridized carbons (Fsp3) is 0.500. The van der Waals surface area contributed by atoms with Crippen molar-refractivity contribution >= 4 is 17.8 Å². The van der Waals surface area contributed by atoms with Crippen molar-refractivity contribution in [3.8, 4) is 0 Å². The Morgan fingerprint density at radius 3 is 2.27 bits per heavy atom. The Morgan fingerprint density at radius 1 is 1.19 bits per heavy atom. The van der Waals surface area contributed by atoms with E-state index in [0.717, 1.165) is 4.90 Å². The molecule has 1 aromatic rings. The van der Waals surface area contributed by atoms with Gasteiger partial charge in [0, 0.05) is 27.2 Å². The summed E-state index contributed by atoms with van der Waals surface area (Å²) in [5.41, 5.74) is -0.468. The van der Waals surface area contributed by atoms with E-state index in [0.29, 0.717) is 31.5 Å². The largest absolute Gasteiger partial charge is 0.385 e. The van der Waals surface area contributed by atoms with Crippen LogP contribution in [0.25, 0.3) is 0 Å². The minimum absolute atomic E-state index is 0.0691. The topological polar surface area (TPSA) is 81.2 Å². The second kappa shape index (κ2) is 6.68. The molecular weight excluding hydrogens is 341 g/mol. The van der Waals surface area contributed by atoms with Gasteiger partial charge in [-0.25, -0.2) is 9.18 Å². The number of amides is 4. The van der Waals surface area contributed by atoms with Gasteiger partial charge in [0.15, 0.2) is 0 Å². The van der Waals surface area contributed by atoms with Gasteiger partial charge in [0.05, 0.1) is 12.0 Å². The van der Waals surface area contributed by atoms with Crippen molar-refractivity contribution in [2.24, 2.45) is 0 Å². The Bertz CT molecular complexity index is 728. The van der Waals surface area contributed by atoms with Gasteiger partial charge in [-0.3, -0.25) is 14.5 Å². The quantitative estimate of drug-likeness (QED) is 0.810. The van der Waals surface area contributed by atoms with Crippen LogP contribution in [0.3, 0.4) is 0 Å². The number of urea groups is 1. The van der Waals surface area contributed by atoms with Crippen LogP contribution < -0.4 is 0 Å². The van der Waals surface area contributed by atoms with Gasteiger partial charge < -0.3 is 14.9 Å². The second-order valence-corrected chi connectivity index (χ2v) is 6.93. The van der Waals surface area contributed by atoms with Crippen molar-refractivity contribution in [3.63, 3.8) is 0 Å². The summed E-state index contributed by atoms with van der Waals surface area (Å²) in [5.74, 6) is -0.972. The number of benzene rings is 1. The van der Waals surface area contributed by atoms with Crippen molar-refractivity contribution in [2.45, 2.75) is 30.9 Å². The molecule has 2 fully saturated rings. The van der Waals surface area contributed by atoms with Crippen molar-refractivity contribution in [2.75, 3.05) is 27.2 Å². The molecule has 2 saturated heterocycles. The maximum atomic E-state index is 13.1. The first kappa shape index (κ1) is 18.3. The lowest BCUT2D eigenvalue weighted by atomic mass is 9.84. The summed E-state index contributed by atoms with van der Waals surface area (Å²) in [7, 11) is 2.90. The fourth-order valence-electron chi connectivity index (χ4n) is 3.55. The highest BCUT2D eigenvalue weighted by Gasteiger charge is 2.43. The Kier molecular flexibility index (Phi) is 4.70. The Labute approximate surface area is 151 Å². The standard InChI is InChI=1S/C18H22FN3O4/c1-20-14(16(24)21(2)17(20)25)11-15(23)22-9-7-18(26,8-10-22)12-3-5-13(19)6-4-12/h3-6,14,26H,7-11H2,1-2H3/t14-/m0/s1. The van der Waals surface area contributed by atoms with E-state index in [4.69, 9.17) is 0 Å². The zero-order valence-electron chi connectivity index (χ0n) is 14.8. The molecule has 8 heteroatoms. The molecule has 0 bridgehead atoms. The summed E-state index contributed by atoms with van der Waals surface area (Å²) in [5, 5.41) is 10.8. The molecule has 1 aromatic carbocycles. The Hall–Kier alpha value is -2.48. The first-order valence-corrected chi connectivity index (χ1v) is 8.53. The van der Waals surface area contributed by atoms with Crippen LogP contribution >= 0.6 is 0 Å². The average molecular weight is 363 g/mol. The van der Waals surface area contributed by atoms with Crippen LogP contribution in [0.4, 0.5) is 9.18 Å². The molecule has 2 aliphatic heterocycles. The summed E-state index contributed by atoms with van der Waals surface area (Å²) in [6.45, 7) is 0.669. The number of hydrogen-bond acceptors (Lipinski definition) is 4. The van der Waals surface area contributed by atoms with Gasteiger partial charge in [0.2, 0.25) is 5.91 Å². The van der Waals surface area contributed by atoms with Crippen LogP contribution in [0.1, 0.15) is 24.8 Å². The van der Waals surface area contributed by atoms with Crippen LogP contribution in [0.5, 0.6) is 0 Å². The number of imide groups is 1. The molecule has 0 aromatic heterocycles. The number of piperidine rings is 1.